The van der Waals surface area contributed by atoms with Crippen LogP contribution in [0.5, 0.6) is 0 Å². The Kier molecular flexibility index (Phi) is 5.43. The third-order valence-electron chi connectivity index (χ3n) is 2.73. The second-order valence-electron chi connectivity index (χ2n) is 4.15. The number of halogens is 3. The van der Waals surface area contributed by atoms with Crippen LogP contribution in [0, 0.1) is 0 Å². The molecule has 0 fully saturated rings. The number of carboxylic acid groups (broad SMARTS) is 1. The highest BCUT2D eigenvalue weighted by Crippen LogP contribution is 2.30. The lowest BCUT2D eigenvalue weighted by atomic mass is 10.1. The van der Waals surface area contributed by atoms with Crippen LogP contribution in [0.25, 0.3) is 0 Å². The van der Waals surface area contributed by atoms with E-state index >= 15 is 0 Å². The molecule has 3 nitrogen and oxygen atoms in total. The molecular formula is C14H9BrCl2O3S. The lowest BCUT2D eigenvalue weighted by molar-refractivity contribution is 0.0697. The van der Waals surface area contributed by atoms with Gasteiger partial charge in [0.05, 0.1) is 37.1 Å². The molecule has 0 aromatic heterocycles. The van der Waals surface area contributed by atoms with Gasteiger partial charge in [-0.3, -0.25) is 4.21 Å². The van der Waals surface area contributed by atoms with Crippen molar-refractivity contribution in [1.82, 2.24) is 0 Å². The summed E-state index contributed by atoms with van der Waals surface area (Å²) in [6.45, 7) is 0. The van der Waals surface area contributed by atoms with E-state index in [2.05, 4.69) is 15.9 Å². The SMILES string of the molecule is O=C(O)c1ccc(CS(=O)c2c(Cl)cccc2Cl)c(Br)c1. The van der Waals surface area contributed by atoms with Crippen molar-refractivity contribution in [3.63, 3.8) is 0 Å². The van der Waals surface area contributed by atoms with Crippen LogP contribution in [0.3, 0.4) is 0 Å². The first kappa shape index (κ1) is 16.5. The van der Waals surface area contributed by atoms with Crippen molar-refractivity contribution < 1.29 is 14.1 Å². The van der Waals surface area contributed by atoms with Gasteiger partial charge in [0.1, 0.15) is 0 Å². The predicted octanol–water partition coefficient (Wildman–Crippen LogP) is 4.76. The summed E-state index contributed by atoms with van der Waals surface area (Å²) < 4.78 is 13.0. The number of carboxylic acids is 1. The molecular weight excluding hydrogens is 399 g/mol. The molecule has 0 heterocycles. The Morgan fingerprint density at radius 3 is 2.33 bits per heavy atom. The summed E-state index contributed by atoms with van der Waals surface area (Å²) in [5.41, 5.74) is 0.876. The zero-order valence-electron chi connectivity index (χ0n) is 10.5. The number of benzene rings is 2. The van der Waals surface area contributed by atoms with E-state index in [0.717, 1.165) is 0 Å². The second-order valence-corrected chi connectivity index (χ2v) is 7.21. The van der Waals surface area contributed by atoms with E-state index in [0.29, 0.717) is 25.0 Å². The van der Waals surface area contributed by atoms with Gasteiger partial charge >= 0.3 is 5.97 Å². The number of aromatic carboxylic acids is 1. The van der Waals surface area contributed by atoms with E-state index in [1.807, 2.05) is 0 Å². The van der Waals surface area contributed by atoms with Gasteiger partial charge < -0.3 is 5.11 Å². The lowest BCUT2D eigenvalue weighted by Crippen LogP contribution is -2.01. The van der Waals surface area contributed by atoms with Crippen molar-refractivity contribution in [2.45, 2.75) is 10.6 Å². The van der Waals surface area contributed by atoms with Crippen LogP contribution in [-0.2, 0) is 16.6 Å². The van der Waals surface area contributed by atoms with E-state index in [1.54, 1.807) is 24.3 Å². The monoisotopic (exact) mass is 406 g/mol. The van der Waals surface area contributed by atoms with Crippen LogP contribution in [-0.4, -0.2) is 15.3 Å². The molecule has 1 atom stereocenters. The first-order valence-electron chi connectivity index (χ1n) is 5.74. The van der Waals surface area contributed by atoms with Crippen LogP contribution in [0.1, 0.15) is 15.9 Å². The van der Waals surface area contributed by atoms with E-state index in [9.17, 15) is 9.00 Å². The van der Waals surface area contributed by atoms with Crippen molar-refractivity contribution >= 4 is 55.9 Å². The van der Waals surface area contributed by atoms with E-state index in [4.69, 9.17) is 28.3 Å². The second kappa shape index (κ2) is 6.92. The number of rotatable bonds is 4. The van der Waals surface area contributed by atoms with Crippen molar-refractivity contribution in [1.29, 1.82) is 0 Å². The van der Waals surface area contributed by atoms with Crippen LogP contribution in [0.2, 0.25) is 10.0 Å². The summed E-state index contributed by atoms with van der Waals surface area (Å²) in [7, 11) is -1.43. The van der Waals surface area contributed by atoms with E-state index < -0.39 is 16.8 Å². The minimum atomic E-state index is -1.43. The van der Waals surface area contributed by atoms with Gasteiger partial charge in [0.25, 0.3) is 0 Å². The minimum absolute atomic E-state index is 0.159. The fourth-order valence-electron chi connectivity index (χ4n) is 1.71. The van der Waals surface area contributed by atoms with Crippen molar-refractivity contribution in [3.8, 4) is 0 Å². The maximum atomic E-state index is 12.4. The Bertz CT molecular complexity index is 714. The van der Waals surface area contributed by atoms with Gasteiger partial charge in [-0.1, -0.05) is 51.3 Å². The maximum Gasteiger partial charge on any atom is 0.335 e. The molecule has 2 aromatic rings. The predicted molar refractivity (Wildman–Crippen MR) is 87.7 cm³/mol. The Balaban J connectivity index is 2.30. The summed E-state index contributed by atoms with van der Waals surface area (Å²) in [5, 5.41) is 9.61. The summed E-state index contributed by atoms with van der Waals surface area (Å²) in [6.07, 6.45) is 0. The summed E-state index contributed by atoms with van der Waals surface area (Å²) in [5.74, 6) is -0.832. The molecule has 0 amide bonds. The quantitative estimate of drug-likeness (QED) is 0.794. The Labute approximate surface area is 142 Å². The van der Waals surface area contributed by atoms with Crippen LogP contribution in [0.15, 0.2) is 45.8 Å². The van der Waals surface area contributed by atoms with E-state index in [1.165, 1.54) is 12.1 Å². The summed E-state index contributed by atoms with van der Waals surface area (Å²) in [6, 6.07) is 9.50. The normalized spacial score (nSPS) is 12.1. The van der Waals surface area contributed by atoms with Gasteiger partial charge in [-0.15, -0.1) is 0 Å². The molecule has 0 saturated carbocycles. The van der Waals surface area contributed by atoms with Gasteiger partial charge in [0, 0.05) is 4.47 Å². The number of hydrogen-bond acceptors (Lipinski definition) is 2. The molecule has 21 heavy (non-hydrogen) atoms. The average molecular weight is 408 g/mol. The number of carbonyl (C=O) groups is 1. The summed E-state index contributed by atoms with van der Waals surface area (Å²) in [4.78, 5) is 11.3. The molecule has 0 aliphatic rings. The molecule has 0 radical (unpaired) electrons. The zero-order chi connectivity index (χ0) is 15.6. The third-order valence-corrected chi connectivity index (χ3v) is 5.79. The van der Waals surface area contributed by atoms with Gasteiger partial charge in [-0.25, -0.2) is 4.79 Å². The molecule has 0 spiro atoms. The lowest BCUT2D eigenvalue weighted by Gasteiger charge is -2.09. The topological polar surface area (TPSA) is 54.4 Å². The molecule has 0 bridgehead atoms. The Morgan fingerprint density at radius 2 is 1.81 bits per heavy atom. The molecule has 0 saturated heterocycles. The highest BCUT2D eigenvalue weighted by atomic mass is 79.9. The van der Waals surface area contributed by atoms with Crippen LogP contribution >= 0.6 is 39.1 Å². The van der Waals surface area contributed by atoms with Gasteiger partial charge in [-0.2, -0.15) is 0 Å². The zero-order valence-corrected chi connectivity index (χ0v) is 14.4. The molecule has 110 valence electrons. The molecule has 0 aliphatic heterocycles. The van der Waals surface area contributed by atoms with Gasteiger partial charge in [0.2, 0.25) is 0 Å². The first-order chi connectivity index (χ1) is 9.90. The Hall–Kier alpha value is -0.880. The standard InChI is InChI=1S/C14H9BrCl2O3S/c15-10-6-8(14(18)19)4-5-9(10)7-21(20)13-11(16)2-1-3-12(13)17/h1-6H,7H2,(H,18,19). The summed E-state index contributed by atoms with van der Waals surface area (Å²) >= 11 is 15.4. The van der Waals surface area contributed by atoms with E-state index in [-0.39, 0.29) is 11.3 Å². The highest BCUT2D eigenvalue weighted by molar-refractivity contribution is 9.10. The smallest absolute Gasteiger partial charge is 0.335 e. The van der Waals surface area contributed by atoms with Gasteiger partial charge in [0.15, 0.2) is 0 Å². The van der Waals surface area contributed by atoms with Crippen molar-refractivity contribution in [2.75, 3.05) is 0 Å². The largest absolute Gasteiger partial charge is 0.478 e. The molecule has 2 aromatic carbocycles. The van der Waals surface area contributed by atoms with Crippen molar-refractivity contribution in [2.24, 2.45) is 0 Å². The molecule has 7 heteroatoms. The third kappa shape index (κ3) is 3.86. The number of hydrogen-bond donors (Lipinski definition) is 1. The Morgan fingerprint density at radius 1 is 1.19 bits per heavy atom. The minimum Gasteiger partial charge on any atom is -0.478 e. The molecule has 1 N–H and O–H groups in total. The molecule has 2 rings (SSSR count). The van der Waals surface area contributed by atoms with Crippen LogP contribution < -0.4 is 0 Å². The fraction of sp³-hybridized carbons (Fsp3) is 0.0714. The fourth-order valence-corrected chi connectivity index (χ4v) is 4.58. The average Bonchev–Trinajstić information content (AvgIpc) is 2.40. The van der Waals surface area contributed by atoms with Crippen molar-refractivity contribution in [3.05, 3.63) is 62.0 Å². The molecule has 0 aliphatic carbocycles. The van der Waals surface area contributed by atoms with Gasteiger partial charge in [-0.05, 0) is 29.8 Å². The maximum absolute atomic E-state index is 12.4. The van der Waals surface area contributed by atoms with Crippen LogP contribution in [0.4, 0.5) is 0 Å². The highest BCUT2D eigenvalue weighted by Gasteiger charge is 2.15. The molecule has 1 unspecified atom stereocenters. The first-order valence-corrected chi connectivity index (χ1v) is 8.61.